The standard InChI is InChI=1S/C20H25FN4O3/c21-17-6-2-1-4-15(17)12-18-22-19(28-23-18)14-24-7-3-5-16(13-24)20(26)25-8-10-27-11-9-25/h1-2,4,6,16H,3,5,7-14H2/t16-/m1/s1. The van der Waals surface area contributed by atoms with E-state index in [1.165, 1.54) is 6.07 Å². The van der Waals surface area contributed by atoms with E-state index in [1.54, 1.807) is 18.2 Å². The SMILES string of the molecule is O=C([C@@H]1CCCN(Cc2nc(Cc3ccccc3F)no2)C1)N1CCOCC1. The first-order valence-corrected chi connectivity index (χ1v) is 9.83. The van der Waals surface area contributed by atoms with Gasteiger partial charge in [-0.05, 0) is 31.0 Å². The first kappa shape index (κ1) is 19.0. The van der Waals surface area contributed by atoms with Gasteiger partial charge in [0.2, 0.25) is 11.8 Å². The van der Waals surface area contributed by atoms with Gasteiger partial charge in [-0.25, -0.2) is 4.39 Å². The minimum Gasteiger partial charge on any atom is -0.378 e. The molecule has 1 atom stereocenters. The van der Waals surface area contributed by atoms with Gasteiger partial charge in [-0.2, -0.15) is 4.98 Å². The zero-order valence-corrected chi connectivity index (χ0v) is 15.8. The predicted molar refractivity (Wildman–Crippen MR) is 98.9 cm³/mol. The average Bonchev–Trinajstić information content (AvgIpc) is 3.17. The second-order valence-corrected chi connectivity index (χ2v) is 7.38. The summed E-state index contributed by atoms with van der Waals surface area (Å²) >= 11 is 0. The average molecular weight is 388 g/mol. The first-order chi connectivity index (χ1) is 13.7. The minimum atomic E-state index is -0.269. The molecule has 0 aliphatic carbocycles. The van der Waals surface area contributed by atoms with Gasteiger partial charge in [0.15, 0.2) is 5.82 Å². The van der Waals surface area contributed by atoms with Crippen molar-refractivity contribution in [2.75, 3.05) is 39.4 Å². The molecule has 1 aromatic heterocycles. The fourth-order valence-corrected chi connectivity index (χ4v) is 3.87. The van der Waals surface area contributed by atoms with Gasteiger partial charge in [0, 0.05) is 26.1 Å². The number of hydrogen-bond donors (Lipinski definition) is 0. The van der Waals surface area contributed by atoms with Crippen molar-refractivity contribution in [2.24, 2.45) is 5.92 Å². The number of ether oxygens (including phenoxy) is 1. The van der Waals surface area contributed by atoms with Crippen LogP contribution in [0.3, 0.4) is 0 Å². The van der Waals surface area contributed by atoms with Gasteiger partial charge in [0.1, 0.15) is 5.82 Å². The van der Waals surface area contributed by atoms with E-state index in [-0.39, 0.29) is 17.6 Å². The number of amides is 1. The summed E-state index contributed by atoms with van der Waals surface area (Å²) in [6.45, 7) is 4.71. The lowest BCUT2D eigenvalue weighted by Gasteiger charge is -2.35. The largest absolute Gasteiger partial charge is 0.378 e. The lowest BCUT2D eigenvalue weighted by molar-refractivity contribution is -0.141. The summed E-state index contributed by atoms with van der Waals surface area (Å²) in [5.74, 6) is 0.935. The van der Waals surface area contributed by atoms with Crippen LogP contribution in [0.25, 0.3) is 0 Å². The van der Waals surface area contributed by atoms with Crippen molar-refractivity contribution >= 4 is 5.91 Å². The molecular weight excluding hydrogens is 363 g/mol. The van der Waals surface area contributed by atoms with E-state index in [9.17, 15) is 9.18 Å². The van der Waals surface area contributed by atoms with Crippen LogP contribution in [0.1, 0.15) is 30.1 Å². The number of hydrogen-bond acceptors (Lipinski definition) is 6. The lowest BCUT2D eigenvalue weighted by atomic mass is 9.96. The van der Waals surface area contributed by atoms with Crippen molar-refractivity contribution in [2.45, 2.75) is 25.8 Å². The van der Waals surface area contributed by atoms with Crippen LogP contribution in [0.15, 0.2) is 28.8 Å². The highest BCUT2D eigenvalue weighted by Gasteiger charge is 2.30. The Morgan fingerprint density at radius 1 is 1.21 bits per heavy atom. The fourth-order valence-electron chi connectivity index (χ4n) is 3.87. The third kappa shape index (κ3) is 4.56. The normalized spacial score (nSPS) is 21.0. The van der Waals surface area contributed by atoms with Gasteiger partial charge < -0.3 is 14.2 Å². The molecule has 2 aliphatic heterocycles. The Kier molecular flexibility index (Phi) is 5.97. The molecule has 4 rings (SSSR count). The highest BCUT2D eigenvalue weighted by molar-refractivity contribution is 5.79. The van der Waals surface area contributed by atoms with Crippen LogP contribution in [-0.4, -0.2) is 65.2 Å². The maximum atomic E-state index is 13.8. The van der Waals surface area contributed by atoms with Gasteiger partial charge >= 0.3 is 0 Å². The molecule has 8 heteroatoms. The number of carbonyl (C=O) groups excluding carboxylic acids is 1. The number of aromatic nitrogens is 2. The Morgan fingerprint density at radius 2 is 2.04 bits per heavy atom. The van der Waals surface area contributed by atoms with Gasteiger partial charge in [-0.1, -0.05) is 23.4 Å². The van der Waals surface area contributed by atoms with E-state index in [1.807, 2.05) is 4.90 Å². The predicted octanol–water partition coefficient (Wildman–Crippen LogP) is 1.87. The summed E-state index contributed by atoms with van der Waals surface area (Å²) in [6, 6.07) is 6.59. The van der Waals surface area contributed by atoms with Gasteiger partial charge in [0.25, 0.3) is 0 Å². The summed E-state index contributed by atoms with van der Waals surface area (Å²) < 4.78 is 24.5. The van der Waals surface area contributed by atoms with Gasteiger partial charge in [-0.3, -0.25) is 9.69 Å². The van der Waals surface area contributed by atoms with Crippen LogP contribution in [0.5, 0.6) is 0 Å². The summed E-state index contributed by atoms with van der Waals surface area (Å²) in [5, 5.41) is 3.98. The number of carbonyl (C=O) groups is 1. The van der Waals surface area contributed by atoms with Gasteiger partial charge in [0.05, 0.1) is 25.7 Å². The van der Waals surface area contributed by atoms with Gasteiger partial charge in [-0.15, -0.1) is 0 Å². The van der Waals surface area contributed by atoms with Crippen LogP contribution in [0.4, 0.5) is 4.39 Å². The van der Waals surface area contributed by atoms with Crippen molar-refractivity contribution in [1.29, 1.82) is 0 Å². The maximum Gasteiger partial charge on any atom is 0.240 e. The van der Waals surface area contributed by atoms with E-state index < -0.39 is 0 Å². The Labute approximate surface area is 163 Å². The Morgan fingerprint density at radius 3 is 2.86 bits per heavy atom. The molecule has 2 aliphatic rings. The molecule has 0 spiro atoms. The number of rotatable bonds is 5. The molecule has 0 N–H and O–H groups in total. The quantitative estimate of drug-likeness (QED) is 0.779. The number of benzene rings is 1. The van der Waals surface area contributed by atoms with Crippen LogP contribution < -0.4 is 0 Å². The molecule has 0 bridgehead atoms. The fraction of sp³-hybridized carbons (Fsp3) is 0.550. The third-order valence-electron chi connectivity index (χ3n) is 5.35. The molecule has 0 radical (unpaired) electrons. The summed E-state index contributed by atoms with van der Waals surface area (Å²) in [4.78, 5) is 21.3. The molecule has 2 saturated heterocycles. The van der Waals surface area contributed by atoms with Crippen LogP contribution in [-0.2, 0) is 22.5 Å². The van der Waals surface area contributed by atoms with E-state index in [0.717, 1.165) is 19.4 Å². The molecule has 2 fully saturated rings. The van der Waals surface area contributed by atoms with E-state index in [2.05, 4.69) is 15.0 Å². The number of likely N-dealkylation sites (tertiary alicyclic amines) is 1. The Balaban J connectivity index is 1.33. The third-order valence-corrected chi connectivity index (χ3v) is 5.35. The summed E-state index contributed by atoms with van der Waals surface area (Å²) in [7, 11) is 0. The second kappa shape index (κ2) is 8.79. The van der Waals surface area contributed by atoms with Crippen LogP contribution in [0, 0.1) is 11.7 Å². The van der Waals surface area contributed by atoms with E-state index in [4.69, 9.17) is 9.26 Å². The molecule has 1 amide bonds. The number of morpholine rings is 1. The summed E-state index contributed by atoms with van der Waals surface area (Å²) in [6.07, 6.45) is 2.18. The van der Waals surface area contributed by atoms with Crippen LogP contribution >= 0.6 is 0 Å². The molecule has 28 heavy (non-hydrogen) atoms. The zero-order valence-electron chi connectivity index (χ0n) is 15.8. The van der Waals surface area contributed by atoms with Crippen molar-refractivity contribution in [3.05, 3.63) is 47.4 Å². The highest BCUT2D eigenvalue weighted by atomic mass is 19.1. The van der Waals surface area contributed by atoms with E-state index >= 15 is 0 Å². The molecule has 0 saturated carbocycles. The molecule has 2 aromatic rings. The van der Waals surface area contributed by atoms with Crippen molar-refractivity contribution in [1.82, 2.24) is 19.9 Å². The van der Waals surface area contributed by atoms with Crippen LogP contribution in [0.2, 0.25) is 0 Å². The zero-order chi connectivity index (χ0) is 19.3. The molecule has 150 valence electrons. The van der Waals surface area contributed by atoms with Crippen molar-refractivity contribution in [3.63, 3.8) is 0 Å². The minimum absolute atomic E-state index is 0.00709. The van der Waals surface area contributed by atoms with Crippen molar-refractivity contribution in [3.8, 4) is 0 Å². The molecule has 3 heterocycles. The first-order valence-electron chi connectivity index (χ1n) is 9.83. The lowest BCUT2D eigenvalue weighted by Crippen LogP contribution is -2.48. The Hall–Kier alpha value is -2.32. The number of nitrogens with zero attached hydrogens (tertiary/aromatic N) is 4. The topological polar surface area (TPSA) is 71.7 Å². The number of halogens is 1. The second-order valence-electron chi connectivity index (χ2n) is 7.38. The molecule has 1 aromatic carbocycles. The number of piperidine rings is 1. The molecular formula is C20H25FN4O3. The monoisotopic (exact) mass is 388 g/mol. The smallest absolute Gasteiger partial charge is 0.240 e. The van der Waals surface area contributed by atoms with E-state index in [0.29, 0.717) is 63.1 Å². The Bertz CT molecular complexity index is 806. The summed E-state index contributed by atoms with van der Waals surface area (Å²) in [5.41, 5.74) is 0.545. The molecule has 7 nitrogen and oxygen atoms in total. The highest BCUT2D eigenvalue weighted by Crippen LogP contribution is 2.21. The molecule has 0 unspecified atom stereocenters. The maximum absolute atomic E-state index is 13.8. The van der Waals surface area contributed by atoms with Crippen molar-refractivity contribution < 1.29 is 18.4 Å².